The summed E-state index contributed by atoms with van der Waals surface area (Å²) in [7, 11) is 1.43. The van der Waals surface area contributed by atoms with Crippen LogP contribution in [0, 0.1) is 0 Å². The highest BCUT2D eigenvalue weighted by molar-refractivity contribution is 5.66. The van der Waals surface area contributed by atoms with Crippen molar-refractivity contribution in [1.82, 2.24) is 0 Å². The van der Waals surface area contributed by atoms with Crippen LogP contribution in [0.15, 0.2) is 0 Å². The first kappa shape index (κ1) is 9.39. The molecule has 0 unspecified atom stereocenters. The van der Waals surface area contributed by atoms with Gasteiger partial charge in [0.15, 0.2) is 0 Å². The van der Waals surface area contributed by atoms with Gasteiger partial charge in [-0.25, -0.2) is 9.78 Å². The standard InChI is InChI=1S/C6H12O4/c1-9-10-5-3-2-4-6(7)8/h2-5H2,1H3,(H,7,8). The molecule has 0 saturated carbocycles. The molecule has 0 fully saturated rings. The summed E-state index contributed by atoms with van der Waals surface area (Å²) in [4.78, 5) is 18.8. The summed E-state index contributed by atoms with van der Waals surface area (Å²) < 4.78 is 0. The Balaban J connectivity index is 2.84. The third-order valence-electron chi connectivity index (χ3n) is 0.986. The lowest BCUT2D eigenvalue weighted by Crippen LogP contribution is -1.97. The van der Waals surface area contributed by atoms with Gasteiger partial charge in [0.1, 0.15) is 0 Å². The number of hydrogen-bond acceptors (Lipinski definition) is 3. The second kappa shape index (κ2) is 6.51. The summed E-state index contributed by atoms with van der Waals surface area (Å²) in [6.07, 6.45) is 1.56. The molecule has 0 rings (SSSR count). The zero-order chi connectivity index (χ0) is 7.82. The van der Waals surface area contributed by atoms with Crippen LogP contribution in [0.5, 0.6) is 0 Å². The van der Waals surface area contributed by atoms with E-state index in [2.05, 4.69) is 9.78 Å². The average molecular weight is 148 g/mol. The molecule has 0 radical (unpaired) electrons. The minimum Gasteiger partial charge on any atom is -0.481 e. The zero-order valence-corrected chi connectivity index (χ0v) is 6.00. The van der Waals surface area contributed by atoms with Gasteiger partial charge in [0.05, 0.1) is 13.7 Å². The molecule has 0 bridgehead atoms. The molecule has 0 atom stereocenters. The van der Waals surface area contributed by atoms with E-state index in [1.54, 1.807) is 0 Å². The van der Waals surface area contributed by atoms with Crippen LogP contribution in [0.1, 0.15) is 19.3 Å². The van der Waals surface area contributed by atoms with Gasteiger partial charge in [0, 0.05) is 6.42 Å². The quantitative estimate of drug-likeness (QED) is 0.344. The van der Waals surface area contributed by atoms with Crippen LogP contribution >= 0.6 is 0 Å². The Labute approximate surface area is 59.7 Å². The van der Waals surface area contributed by atoms with E-state index in [1.165, 1.54) is 7.11 Å². The topological polar surface area (TPSA) is 55.8 Å². The lowest BCUT2D eigenvalue weighted by molar-refractivity contribution is -0.272. The van der Waals surface area contributed by atoms with Gasteiger partial charge in [-0.1, -0.05) is 0 Å². The van der Waals surface area contributed by atoms with Crippen LogP contribution in [0.4, 0.5) is 0 Å². The van der Waals surface area contributed by atoms with E-state index in [4.69, 9.17) is 5.11 Å². The van der Waals surface area contributed by atoms with Crippen molar-refractivity contribution in [1.29, 1.82) is 0 Å². The van der Waals surface area contributed by atoms with Crippen molar-refractivity contribution < 1.29 is 19.7 Å². The SMILES string of the molecule is COOCCCCC(=O)O. The molecule has 0 aromatic carbocycles. The lowest BCUT2D eigenvalue weighted by atomic mass is 10.2. The normalized spacial score (nSPS) is 9.70. The highest BCUT2D eigenvalue weighted by Crippen LogP contribution is 1.94. The largest absolute Gasteiger partial charge is 0.481 e. The summed E-state index contributed by atoms with van der Waals surface area (Å²) in [5, 5.41) is 8.20. The second-order valence-electron chi connectivity index (χ2n) is 1.84. The smallest absolute Gasteiger partial charge is 0.303 e. The number of rotatable bonds is 6. The van der Waals surface area contributed by atoms with Gasteiger partial charge in [0.2, 0.25) is 0 Å². The summed E-state index contributed by atoms with van der Waals surface area (Å²) in [5.74, 6) is -0.766. The van der Waals surface area contributed by atoms with E-state index in [1.807, 2.05) is 0 Å². The molecule has 60 valence electrons. The van der Waals surface area contributed by atoms with Crippen molar-refractivity contribution in [2.24, 2.45) is 0 Å². The lowest BCUT2D eigenvalue weighted by Gasteiger charge is -1.96. The predicted molar refractivity (Wildman–Crippen MR) is 34.4 cm³/mol. The minimum atomic E-state index is -0.766. The van der Waals surface area contributed by atoms with Gasteiger partial charge >= 0.3 is 5.97 Å². The third-order valence-corrected chi connectivity index (χ3v) is 0.986. The zero-order valence-electron chi connectivity index (χ0n) is 6.00. The Kier molecular flexibility index (Phi) is 6.11. The third kappa shape index (κ3) is 7.39. The van der Waals surface area contributed by atoms with Crippen LogP contribution in [0.3, 0.4) is 0 Å². The van der Waals surface area contributed by atoms with E-state index in [9.17, 15) is 4.79 Å². The van der Waals surface area contributed by atoms with Crippen LogP contribution in [-0.4, -0.2) is 24.8 Å². The number of carboxylic acid groups (broad SMARTS) is 1. The van der Waals surface area contributed by atoms with Crippen molar-refractivity contribution in [3.05, 3.63) is 0 Å². The van der Waals surface area contributed by atoms with Crippen molar-refractivity contribution in [2.45, 2.75) is 19.3 Å². The molecule has 4 nitrogen and oxygen atoms in total. The molecule has 0 amide bonds. The maximum Gasteiger partial charge on any atom is 0.303 e. The molecule has 0 aliphatic heterocycles. The molecule has 0 aliphatic rings. The maximum atomic E-state index is 9.96. The van der Waals surface area contributed by atoms with Crippen molar-refractivity contribution in [2.75, 3.05) is 13.7 Å². The highest BCUT2D eigenvalue weighted by atomic mass is 17.2. The second-order valence-corrected chi connectivity index (χ2v) is 1.84. The predicted octanol–water partition coefficient (Wildman–Crippen LogP) is 0.819. The summed E-state index contributed by atoms with van der Waals surface area (Å²) in [5.41, 5.74) is 0. The Morgan fingerprint density at radius 3 is 2.70 bits per heavy atom. The van der Waals surface area contributed by atoms with Gasteiger partial charge in [-0.2, -0.15) is 0 Å². The fraction of sp³-hybridized carbons (Fsp3) is 0.833. The highest BCUT2D eigenvalue weighted by Gasteiger charge is 1.95. The molecule has 0 saturated heterocycles. The van der Waals surface area contributed by atoms with Crippen LogP contribution in [0.25, 0.3) is 0 Å². The van der Waals surface area contributed by atoms with Crippen molar-refractivity contribution >= 4 is 5.97 Å². The molecule has 1 N–H and O–H groups in total. The molecule has 0 spiro atoms. The van der Waals surface area contributed by atoms with Gasteiger partial charge in [-0.3, -0.25) is 4.79 Å². The molecule has 10 heavy (non-hydrogen) atoms. The number of hydrogen-bond donors (Lipinski definition) is 1. The molecular formula is C6H12O4. The molecule has 0 aliphatic carbocycles. The first-order valence-electron chi connectivity index (χ1n) is 3.14. The Morgan fingerprint density at radius 1 is 1.50 bits per heavy atom. The van der Waals surface area contributed by atoms with E-state index < -0.39 is 5.97 Å². The molecule has 0 aromatic rings. The number of carbonyl (C=O) groups is 1. The Morgan fingerprint density at radius 2 is 2.20 bits per heavy atom. The monoisotopic (exact) mass is 148 g/mol. The van der Waals surface area contributed by atoms with E-state index >= 15 is 0 Å². The summed E-state index contributed by atoms with van der Waals surface area (Å²) in [6.45, 7) is 0.462. The van der Waals surface area contributed by atoms with E-state index in [-0.39, 0.29) is 6.42 Å². The van der Waals surface area contributed by atoms with E-state index in [0.717, 1.165) is 6.42 Å². The van der Waals surface area contributed by atoms with Crippen LogP contribution in [0.2, 0.25) is 0 Å². The number of aliphatic carboxylic acids is 1. The van der Waals surface area contributed by atoms with E-state index in [0.29, 0.717) is 13.0 Å². The van der Waals surface area contributed by atoms with Crippen molar-refractivity contribution in [3.63, 3.8) is 0 Å². The first-order chi connectivity index (χ1) is 4.77. The average Bonchev–Trinajstić information content (AvgIpc) is 1.87. The first-order valence-corrected chi connectivity index (χ1v) is 3.14. The van der Waals surface area contributed by atoms with Crippen LogP contribution in [-0.2, 0) is 14.6 Å². The molecular weight excluding hydrogens is 136 g/mol. The van der Waals surface area contributed by atoms with Crippen LogP contribution < -0.4 is 0 Å². The Hall–Kier alpha value is -0.610. The number of unbranched alkanes of at least 4 members (excludes halogenated alkanes) is 1. The number of carboxylic acids is 1. The minimum absolute atomic E-state index is 0.201. The summed E-state index contributed by atoms with van der Waals surface area (Å²) in [6, 6.07) is 0. The van der Waals surface area contributed by atoms with Gasteiger partial charge in [-0.15, -0.1) is 0 Å². The summed E-state index contributed by atoms with van der Waals surface area (Å²) >= 11 is 0. The van der Waals surface area contributed by atoms with Gasteiger partial charge in [-0.05, 0) is 12.8 Å². The maximum absolute atomic E-state index is 9.96. The Bertz CT molecular complexity index is 91.7. The molecule has 0 heterocycles. The van der Waals surface area contributed by atoms with Gasteiger partial charge in [0.25, 0.3) is 0 Å². The van der Waals surface area contributed by atoms with Gasteiger partial charge < -0.3 is 5.11 Å². The fourth-order valence-electron chi connectivity index (χ4n) is 0.521. The van der Waals surface area contributed by atoms with Crippen molar-refractivity contribution in [3.8, 4) is 0 Å². The fourth-order valence-corrected chi connectivity index (χ4v) is 0.521. The molecule has 0 aromatic heterocycles. The molecule has 4 heteroatoms.